The highest BCUT2D eigenvalue weighted by Gasteiger charge is 2.33. The van der Waals surface area contributed by atoms with Gasteiger partial charge in [-0.05, 0) is 42.0 Å². The number of amides is 1. The molecule has 1 amide bonds. The predicted molar refractivity (Wildman–Crippen MR) is 96.2 cm³/mol. The summed E-state index contributed by atoms with van der Waals surface area (Å²) in [5.74, 6) is -0.534. The van der Waals surface area contributed by atoms with Crippen LogP contribution >= 0.6 is 39.9 Å². The highest BCUT2D eigenvalue weighted by atomic mass is 79.9. The number of thioether (sulfide) groups is 1. The van der Waals surface area contributed by atoms with Crippen LogP contribution < -0.4 is 4.90 Å². The molecule has 0 saturated carbocycles. The maximum atomic E-state index is 13.2. The van der Waals surface area contributed by atoms with E-state index in [9.17, 15) is 9.18 Å². The van der Waals surface area contributed by atoms with Gasteiger partial charge in [0.05, 0.1) is 10.6 Å². The molecule has 3 rings (SSSR count). The largest absolute Gasteiger partial charge is 0.270 e. The van der Waals surface area contributed by atoms with E-state index in [-0.39, 0.29) is 11.7 Å². The van der Waals surface area contributed by atoms with Gasteiger partial charge in [0.25, 0.3) is 5.91 Å². The minimum atomic E-state index is -0.337. The first-order valence-electron chi connectivity index (χ1n) is 6.34. The Bertz CT molecular complexity index is 806. The van der Waals surface area contributed by atoms with Crippen molar-refractivity contribution in [3.8, 4) is 0 Å². The first kappa shape index (κ1) is 15.4. The summed E-state index contributed by atoms with van der Waals surface area (Å²) >= 11 is 9.90. The van der Waals surface area contributed by atoms with Crippen molar-refractivity contribution in [3.05, 3.63) is 69.3 Å². The molecule has 2 aromatic carbocycles. The van der Waals surface area contributed by atoms with Crippen molar-refractivity contribution < 1.29 is 9.18 Å². The van der Waals surface area contributed by atoms with E-state index < -0.39 is 0 Å². The Morgan fingerprint density at radius 3 is 2.68 bits per heavy atom. The molecule has 2 nitrogen and oxygen atoms in total. The van der Waals surface area contributed by atoms with E-state index in [4.69, 9.17) is 12.2 Å². The number of rotatable bonds is 2. The smallest absolute Gasteiger partial charge is 0.268 e. The van der Waals surface area contributed by atoms with Crippen molar-refractivity contribution in [1.29, 1.82) is 0 Å². The summed E-state index contributed by atoms with van der Waals surface area (Å²) < 4.78 is 14.6. The van der Waals surface area contributed by atoms with Crippen molar-refractivity contribution >= 4 is 61.9 Å². The zero-order valence-electron chi connectivity index (χ0n) is 11.1. The summed E-state index contributed by atoms with van der Waals surface area (Å²) in [7, 11) is 0. The van der Waals surface area contributed by atoms with Crippen LogP contribution in [0.25, 0.3) is 6.08 Å². The van der Waals surface area contributed by atoms with E-state index in [2.05, 4.69) is 15.9 Å². The molecule has 0 bridgehead atoms. The summed E-state index contributed by atoms with van der Waals surface area (Å²) in [4.78, 5) is 14.5. The van der Waals surface area contributed by atoms with Crippen LogP contribution in [0.5, 0.6) is 0 Å². The van der Waals surface area contributed by atoms with Gasteiger partial charge in [0.1, 0.15) is 5.82 Å². The number of halogens is 2. The monoisotopic (exact) mass is 393 g/mol. The minimum Gasteiger partial charge on any atom is -0.268 e. The molecule has 0 aromatic heterocycles. The van der Waals surface area contributed by atoms with Crippen molar-refractivity contribution in [3.63, 3.8) is 0 Å². The Morgan fingerprint density at radius 1 is 1.18 bits per heavy atom. The number of hydrogen-bond donors (Lipinski definition) is 0. The molecule has 0 spiro atoms. The fraction of sp³-hybridized carbons (Fsp3) is 0. The number of benzene rings is 2. The van der Waals surface area contributed by atoms with Crippen molar-refractivity contribution in [1.82, 2.24) is 0 Å². The number of nitrogens with zero attached hydrogens (tertiary/aromatic N) is 1. The third-order valence-corrected chi connectivity index (χ3v) is 4.80. The Balaban J connectivity index is 1.95. The lowest BCUT2D eigenvalue weighted by atomic mass is 10.2. The molecule has 1 saturated heterocycles. The molecule has 0 unspecified atom stereocenters. The average molecular weight is 394 g/mol. The van der Waals surface area contributed by atoms with E-state index in [1.54, 1.807) is 18.2 Å². The van der Waals surface area contributed by atoms with Gasteiger partial charge >= 0.3 is 0 Å². The molecule has 1 heterocycles. The standard InChI is InChI=1S/C16H9BrFNOS2/c17-11-4-2-6-13(9-11)19-15(20)14(22-16(19)21)8-10-3-1-5-12(18)7-10/h1-9H/b14-8-. The van der Waals surface area contributed by atoms with E-state index in [1.807, 2.05) is 24.3 Å². The molecular weight excluding hydrogens is 385 g/mol. The molecule has 0 atom stereocenters. The fourth-order valence-corrected chi connectivity index (χ4v) is 3.74. The molecule has 1 fully saturated rings. The van der Waals surface area contributed by atoms with E-state index in [0.717, 1.165) is 4.47 Å². The van der Waals surface area contributed by atoms with Crippen LogP contribution in [-0.2, 0) is 4.79 Å². The highest BCUT2D eigenvalue weighted by molar-refractivity contribution is 9.10. The molecule has 6 heteroatoms. The zero-order valence-corrected chi connectivity index (χ0v) is 14.3. The number of anilines is 1. The van der Waals surface area contributed by atoms with Crippen LogP contribution in [0.4, 0.5) is 10.1 Å². The summed E-state index contributed by atoms with van der Waals surface area (Å²) in [6.07, 6.45) is 1.65. The van der Waals surface area contributed by atoms with Gasteiger partial charge in [0.15, 0.2) is 4.32 Å². The second kappa shape index (κ2) is 6.32. The molecular formula is C16H9BrFNOS2. The van der Waals surface area contributed by atoms with E-state index >= 15 is 0 Å². The second-order valence-electron chi connectivity index (χ2n) is 4.55. The number of carbonyl (C=O) groups excluding carboxylic acids is 1. The maximum absolute atomic E-state index is 13.2. The lowest BCUT2D eigenvalue weighted by molar-refractivity contribution is -0.113. The Morgan fingerprint density at radius 2 is 1.95 bits per heavy atom. The topological polar surface area (TPSA) is 20.3 Å². The third kappa shape index (κ3) is 3.14. The van der Waals surface area contributed by atoms with E-state index in [0.29, 0.717) is 20.5 Å². The van der Waals surface area contributed by atoms with Gasteiger partial charge in [-0.2, -0.15) is 0 Å². The maximum Gasteiger partial charge on any atom is 0.270 e. The van der Waals surface area contributed by atoms with Crippen LogP contribution in [0.3, 0.4) is 0 Å². The molecule has 0 N–H and O–H groups in total. The molecule has 22 heavy (non-hydrogen) atoms. The van der Waals surface area contributed by atoms with Gasteiger partial charge in [0, 0.05) is 4.47 Å². The van der Waals surface area contributed by atoms with E-state index in [1.165, 1.54) is 28.8 Å². The second-order valence-corrected chi connectivity index (χ2v) is 7.14. The summed E-state index contributed by atoms with van der Waals surface area (Å²) in [6, 6.07) is 13.5. The lowest BCUT2D eigenvalue weighted by Crippen LogP contribution is -2.27. The van der Waals surface area contributed by atoms with Crippen molar-refractivity contribution in [2.24, 2.45) is 0 Å². The molecule has 2 aromatic rings. The summed E-state index contributed by atoms with van der Waals surface area (Å²) in [5, 5.41) is 0. The normalized spacial score (nSPS) is 16.6. The number of thiocarbonyl (C=S) groups is 1. The van der Waals surface area contributed by atoms with Crippen LogP contribution in [-0.4, -0.2) is 10.2 Å². The van der Waals surface area contributed by atoms with Gasteiger partial charge < -0.3 is 0 Å². The molecule has 0 aliphatic carbocycles. The number of carbonyl (C=O) groups is 1. The fourth-order valence-electron chi connectivity index (χ4n) is 2.05. The minimum absolute atomic E-state index is 0.197. The van der Waals surface area contributed by atoms with Gasteiger partial charge in [-0.3, -0.25) is 9.69 Å². The molecule has 0 radical (unpaired) electrons. The third-order valence-electron chi connectivity index (χ3n) is 3.01. The predicted octanol–water partition coefficient (Wildman–Crippen LogP) is 4.99. The van der Waals surface area contributed by atoms with Crippen LogP contribution in [0, 0.1) is 5.82 Å². The Kier molecular flexibility index (Phi) is 4.42. The van der Waals surface area contributed by atoms with Crippen LogP contribution in [0.2, 0.25) is 0 Å². The molecule has 110 valence electrons. The van der Waals surface area contributed by atoms with Crippen LogP contribution in [0.15, 0.2) is 57.9 Å². The summed E-state index contributed by atoms with van der Waals surface area (Å²) in [6.45, 7) is 0. The first-order valence-corrected chi connectivity index (χ1v) is 8.35. The first-order chi connectivity index (χ1) is 10.5. The van der Waals surface area contributed by atoms with Gasteiger partial charge in [0.2, 0.25) is 0 Å². The van der Waals surface area contributed by atoms with Crippen LogP contribution in [0.1, 0.15) is 5.56 Å². The molecule has 1 aliphatic rings. The summed E-state index contributed by atoms with van der Waals surface area (Å²) in [5.41, 5.74) is 1.34. The zero-order chi connectivity index (χ0) is 15.7. The molecule has 1 aliphatic heterocycles. The highest BCUT2D eigenvalue weighted by Crippen LogP contribution is 2.36. The number of hydrogen-bond acceptors (Lipinski definition) is 3. The van der Waals surface area contributed by atoms with Gasteiger partial charge in [-0.1, -0.05) is 58.1 Å². The average Bonchev–Trinajstić information content (AvgIpc) is 2.73. The van der Waals surface area contributed by atoms with Gasteiger partial charge in [-0.15, -0.1) is 0 Å². The quantitative estimate of drug-likeness (QED) is 0.529. The van der Waals surface area contributed by atoms with Crippen molar-refractivity contribution in [2.75, 3.05) is 4.90 Å². The Hall–Kier alpha value is -1.50. The van der Waals surface area contributed by atoms with Gasteiger partial charge in [-0.25, -0.2) is 4.39 Å². The van der Waals surface area contributed by atoms with Crippen molar-refractivity contribution in [2.45, 2.75) is 0 Å². The lowest BCUT2D eigenvalue weighted by Gasteiger charge is -2.14. The SMILES string of the molecule is O=C1/C(=C/c2cccc(F)c2)SC(=S)N1c1cccc(Br)c1. The Labute approximate surface area is 145 Å².